The van der Waals surface area contributed by atoms with Gasteiger partial charge in [0, 0.05) is 0 Å². The van der Waals surface area contributed by atoms with Crippen molar-refractivity contribution >= 4 is 28.4 Å². The Morgan fingerprint density at radius 3 is 3.08 bits per heavy atom. The molecule has 3 nitrogen and oxygen atoms in total. The third-order valence-electron chi connectivity index (χ3n) is 1.44. The minimum absolute atomic E-state index is 0.0452. The predicted molar refractivity (Wildman–Crippen MR) is 52.6 cm³/mol. The zero-order valence-corrected chi connectivity index (χ0v) is 8.58. The molecule has 0 aromatic heterocycles. The Kier molecular flexibility index (Phi) is 4.90. The van der Waals surface area contributed by atoms with Crippen LogP contribution in [0.4, 0.5) is 0 Å². The highest BCUT2D eigenvalue weighted by molar-refractivity contribution is 8.22. The van der Waals surface area contributed by atoms with E-state index < -0.39 is 0 Å². The fourth-order valence-electron chi connectivity index (χ4n) is 0.853. The lowest BCUT2D eigenvalue weighted by molar-refractivity contribution is -0.102. The van der Waals surface area contributed by atoms with Crippen LogP contribution in [0.15, 0.2) is 0 Å². The predicted octanol–water partition coefficient (Wildman–Crippen LogP) is 1.07. The number of hydrogen-bond acceptors (Lipinski definition) is 5. The molecule has 5 heteroatoms. The summed E-state index contributed by atoms with van der Waals surface area (Å²) in [6.07, 6.45) is 1.93. The van der Waals surface area contributed by atoms with Crippen LogP contribution in [-0.2, 0) is 14.2 Å². The molecule has 0 aliphatic carbocycles. The van der Waals surface area contributed by atoms with Gasteiger partial charge < -0.3 is 14.2 Å². The molecule has 0 N–H and O–H groups in total. The van der Waals surface area contributed by atoms with Gasteiger partial charge in [-0.15, -0.1) is 0 Å². The number of hydrogen-bond donors (Lipinski definition) is 0. The molecule has 12 heavy (non-hydrogen) atoms. The van der Waals surface area contributed by atoms with Crippen LogP contribution in [0, 0.1) is 0 Å². The summed E-state index contributed by atoms with van der Waals surface area (Å²) >= 11 is 6.29. The van der Waals surface area contributed by atoms with Crippen LogP contribution < -0.4 is 0 Å². The number of thioether (sulfide) groups is 1. The quantitative estimate of drug-likeness (QED) is 0.633. The van der Waals surface area contributed by atoms with E-state index in [4.69, 9.17) is 26.4 Å². The van der Waals surface area contributed by atoms with E-state index in [-0.39, 0.29) is 6.10 Å². The highest BCUT2D eigenvalue weighted by Crippen LogP contribution is 2.05. The van der Waals surface area contributed by atoms with Crippen molar-refractivity contribution < 1.29 is 14.2 Å². The molecule has 0 aromatic carbocycles. The third-order valence-corrected chi connectivity index (χ3v) is 2.51. The molecule has 0 unspecified atom stereocenters. The van der Waals surface area contributed by atoms with Crippen molar-refractivity contribution in [1.29, 1.82) is 0 Å². The fraction of sp³-hybridized carbons (Fsp3) is 0.857. The van der Waals surface area contributed by atoms with Crippen LogP contribution in [0.5, 0.6) is 0 Å². The van der Waals surface area contributed by atoms with Crippen molar-refractivity contribution in [2.24, 2.45) is 0 Å². The zero-order chi connectivity index (χ0) is 8.81. The first kappa shape index (κ1) is 10.2. The van der Waals surface area contributed by atoms with Crippen LogP contribution in [0.2, 0.25) is 0 Å². The average Bonchev–Trinajstić information content (AvgIpc) is 2.16. The molecule has 1 aliphatic heterocycles. The minimum Gasteiger partial charge on any atom is -0.476 e. The molecule has 0 bridgehead atoms. The van der Waals surface area contributed by atoms with Crippen molar-refractivity contribution in [3.8, 4) is 0 Å². The second-order valence-electron chi connectivity index (χ2n) is 2.33. The first-order chi connectivity index (χ1) is 5.83. The summed E-state index contributed by atoms with van der Waals surface area (Å²) in [5.74, 6) is 0. The summed E-state index contributed by atoms with van der Waals surface area (Å²) in [5, 5.41) is 0. The first-order valence-electron chi connectivity index (χ1n) is 3.73. The maximum Gasteiger partial charge on any atom is 0.219 e. The standard InChI is InChI=1S/C7H12O3S2/c1-12-7(11)10-5-6-4-8-2-3-9-6/h6H,2-5H2,1H3/t6-/m0/s1. The molecular formula is C7H12O3S2. The van der Waals surface area contributed by atoms with Gasteiger partial charge in [0.15, 0.2) is 0 Å². The second kappa shape index (κ2) is 5.75. The molecule has 0 saturated carbocycles. The topological polar surface area (TPSA) is 27.7 Å². The Bertz CT molecular complexity index is 146. The molecule has 1 aliphatic rings. The van der Waals surface area contributed by atoms with Crippen LogP contribution in [0.25, 0.3) is 0 Å². The SMILES string of the molecule is CSC(=S)OC[C@@H]1COCCO1. The van der Waals surface area contributed by atoms with Gasteiger partial charge in [-0.1, -0.05) is 11.8 Å². The average molecular weight is 208 g/mol. The van der Waals surface area contributed by atoms with Gasteiger partial charge in [0.25, 0.3) is 0 Å². The molecule has 1 saturated heterocycles. The lowest BCUT2D eigenvalue weighted by Gasteiger charge is -2.22. The number of thiocarbonyl (C=S) groups is 1. The number of rotatable bonds is 2. The molecule has 70 valence electrons. The summed E-state index contributed by atoms with van der Waals surface area (Å²) in [6, 6.07) is 0. The Morgan fingerprint density at radius 1 is 1.67 bits per heavy atom. The molecule has 1 fully saturated rings. The Hall–Kier alpha value is 0.160. The molecule has 1 atom stereocenters. The van der Waals surface area contributed by atoms with E-state index >= 15 is 0 Å². The summed E-state index contributed by atoms with van der Waals surface area (Å²) in [6.45, 7) is 2.44. The monoisotopic (exact) mass is 208 g/mol. The van der Waals surface area contributed by atoms with Crippen LogP contribution in [0.3, 0.4) is 0 Å². The van der Waals surface area contributed by atoms with E-state index in [9.17, 15) is 0 Å². The Morgan fingerprint density at radius 2 is 2.50 bits per heavy atom. The van der Waals surface area contributed by atoms with Gasteiger partial charge in [0.1, 0.15) is 12.7 Å². The van der Waals surface area contributed by atoms with E-state index in [2.05, 4.69) is 0 Å². The maximum atomic E-state index is 5.35. The minimum atomic E-state index is 0.0452. The van der Waals surface area contributed by atoms with Gasteiger partial charge in [-0.2, -0.15) is 0 Å². The first-order valence-corrected chi connectivity index (χ1v) is 5.36. The van der Waals surface area contributed by atoms with Crippen molar-refractivity contribution in [1.82, 2.24) is 0 Å². The van der Waals surface area contributed by atoms with E-state index in [0.29, 0.717) is 30.8 Å². The van der Waals surface area contributed by atoms with Crippen LogP contribution >= 0.6 is 24.0 Å². The smallest absolute Gasteiger partial charge is 0.219 e. The summed E-state index contributed by atoms with van der Waals surface area (Å²) in [7, 11) is 0. The van der Waals surface area contributed by atoms with E-state index in [1.165, 1.54) is 11.8 Å². The van der Waals surface area contributed by atoms with Gasteiger partial charge in [0.05, 0.1) is 19.8 Å². The molecule has 0 aromatic rings. The lowest BCUT2D eigenvalue weighted by atomic mass is 10.4. The molecule has 0 spiro atoms. The molecule has 1 heterocycles. The summed E-state index contributed by atoms with van der Waals surface area (Å²) in [4.78, 5) is 0. The Labute approximate surface area is 81.7 Å². The van der Waals surface area contributed by atoms with Crippen molar-refractivity contribution in [2.45, 2.75) is 6.10 Å². The fourth-order valence-corrected chi connectivity index (χ4v) is 1.11. The third kappa shape index (κ3) is 3.71. The second-order valence-corrected chi connectivity index (χ2v) is 3.74. The highest BCUT2D eigenvalue weighted by Gasteiger charge is 2.14. The maximum absolute atomic E-state index is 5.35. The van der Waals surface area contributed by atoms with Gasteiger partial charge in [0.2, 0.25) is 4.38 Å². The van der Waals surface area contributed by atoms with Crippen LogP contribution in [-0.4, -0.2) is 43.2 Å². The van der Waals surface area contributed by atoms with Crippen LogP contribution in [0.1, 0.15) is 0 Å². The highest BCUT2D eigenvalue weighted by atomic mass is 32.2. The molecular weight excluding hydrogens is 196 g/mol. The van der Waals surface area contributed by atoms with Gasteiger partial charge in [-0.25, -0.2) is 0 Å². The Balaban J connectivity index is 2.09. The van der Waals surface area contributed by atoms with Gasteiger partial charge in [-0.3, -0.25) is 0 Å². The summed E-state index contributed by atoms with van der Waals surface area (Å²) in [5.41, 5.74) is 0. The summed E-state index contributed by atoms with van der Waals surface area (Å²) < 4.78 is 16.3. The molecule has 1 rings (SSSR count). The molecule has 0 radical (unpaired) electrons. The van der Waals surface area contributed by atoms with Crippen molar-refractivity contribution in [3.05, 3.63) is 0 Å². The van der Waals surface area contributed by atoms with Gasteiger partial charge in [-0.05, 0) is 18.5 Å². The van der Waals surface area contributed by atoms with E-state index in [1.807, 2.05) is 6.26 Å². The lowest BCUT2D eigenvalue weighted by Crippen LogP contribution is -2.32. The van der Waals surface area contributed by atoms with E-state index in [0.717, 1.165) is 0 Å². The van der Waals surface area contributed by atoms with Crippen molar-refractivity contribution in [3.63, 3.8) is 0 Å². The largest absolute Gasteiger partial charge is 0.476 e. The normalized spacial score (nSPS) is 23.6. The zero-order valence-electron chi connectivity index (χ0n) is 6.95. The van der Waals surface area contributed by atoms with E-state index in [1.54, 1.807) is 0 Å². The van der Waals surface area contributed by atoms with Gasteiger partial charge >= 0.3 is 0 Å². The molecule has 0 amide bonds. The number of ether oxygens (including phenoxy) is 3. The van der Waals surface area contributed by atoms with Crippen molar-refractivity contribution in [2.75, 3.05) is 32.7 Å².